The fraction of sp³-hybridized carbons (Fsp3) is 0.811. The first kappa shape index (κ1) is 39.1. The fourth-order valence-corrected chi connectivity index (χ4v) is 10.9. The molecular formula is C37H68N2O2S. The van der Waals surface area contributed by atoms with Crippen LogP contribution in [0.5, 0.6) is 0 Å². The van der Waals surface area contributed by atoms with Gasteiger partial charge in [0.1, 0.15) is 6.29 Å². The maximum atomic E-state index is 11.7. The zero-order chi connectivity index (χ0) is 32.0. The molecule has 0 aromatic heterocycles. The molecule has 0 radical (unpaired) electrons. The van der Waals surface area contributed by atoms with Gasteiger partial charge < -0.3 is 15.6 Å². The van der Waals surface area contributed by atoms with Crippen LogP contribution >= 0.6 is 12.8 Å². The number of thiol groups is 1. The largest absolute Gasteiger partial charge is 0.400 e. The summed E-state index contributed by atoms with van der Waals surface area (Å²) >= 11 is 3.03. The molecule has 0 aromatic carbocycles. The van der Waals surface area contributed by atoms with Crippen LogP contribution in [-0.4, -0.2) is 25.6 Å². The third-order valence-corrected chi connectivity index (χ3v) is 13.0. The molecule has 4 saturated carbocycles. The molecule has 0 amide bonds. The van der Waals surface area contributed by atoms with E-state index in [4.69, 9.17) is 5.11 Å². The number of fused-ring (bicyclic) bond motifs is 5. The van der Waals surface area contributed by atoms with Gasteiger partial charge in [0.25, 0.3) is 0 Å². The van der Waals surface area contributed by atoms with E-state index in [1.165, 1.54) is 102 Å². The summed E-state index contributed by atoms with van der Waals surface area (Å²) in [5.74, 6) is 4.62. The van der Waals surface area contributed by atoms with Crippen molar-refractivity contribution in [3.05, 3.63) is 36.5 Å². The maximum Gasteiger partial charge on any atom is 0.123 e. The molecular weight excluding hydrogens is 536 g/mol. The summed E-state index contributed by atoms with van der Waals surface area (Å²) in [6.07, 6.45) is 28.6. The van der Waals surface area contributed by atoms with E-state index < -0.39 is 0 Å². The molecule has 4 rings (SSSR count). The summed E-state index contributed by atoms with van der Waals surface area (Å²) in [5, 5.41) is 11.2. The number of unbranched alkanes of at least 4 members (excludes halogenated alkanes) is 1. The van der Waals surface area contributed by atoms with Crippen LogP contribution in [0.4, 0.5) is 0 Å². The fourth-order valence-electron chi connectivity index (χ4n) is 10.9. The van der Waals surface area contributed by atoms with Crippen LogP contribution in [0.25, 0.3) is 0 Å². The quantitative estimate of drug-likeness (QED) is 0.0866. The van der Waals surface area contributed by atoms with Crippen LogP contribution in [0.15, 0.2) is 36.5 Å². The van der Waals surface area contributed by atoms with Gasteiger partial charge in [-0.05, 0) is 142 Å². The number of aldehydes is 1. The number of aliphatic hydroxyl groups excluding tert-OH is 1. The molecule has 244 valence electrons. The minimum Gasteiger partial charge on any atom is -0.400 e. The van der Waals surface area contributed by atoms with Gasteiger partial charge in [-0.15, -0.1) is 12.8 Å². The summed E-state index contributed by atoms with van der Waals surface area (Å²) < 4.78 is 0. The van der Waals surface area contributed by atoms with Gasteiger partial charge in [0, 0.05) is 13.0 Å². The second-order valence-electron chi connectivity index (χ2n) is 13.8. The smallest absolute Gasteiger partial charge is 0.123 e. The van der Waals surface area contributed by atoms with Crippen LogP contribution < -0.4 is 10.9 Å². The van der Waals surface area contributed by atoms with E-state index in [1.54, 1.807) is 0 Å². The van der Waals surface area contributed by atoms with Crippen LogP contribution in [-0.2, 0) is 4.79 Å². The monoisotopic (exact) mass is 605 g/mol. The molecule has 0 heterocycles. The minimum atomic E-state index is 0.327. The molecule has 5 heteroatoms. The van der Waals surface area contributed by atoms with Crippen LogP contribution in [0.1, 0.15) is 125 Å². The summed E-state index contributed by atoms with van der Waals surface area (Å²) in [4.78, 5) is 11.7. The topological polar surface area (TPSA) is 89.3 Å². The lowest BCUT2D eigenvalue weighted by molar-refractivity contribution is -0.184. The molecule has 9 atom stereocenters. The predicted octanol–water partition coefficient (Wildman–Crippen LogP) is 9.10. The Bertz CT molecular complexity index is 859. The molecule has 4 aliphatic rings. The Morgan fingerprint density at radius 1 is 0.976 bits per heavy atom. The maximum absolute atomic E-state index is 11.7. The molecule has 4 fully saturated rings. The number of allylic oxidation sites excluding steroid dienone is 5. The first-order valence-corrected chi connectivity index (χ1v) is 17.5. The first-order chi connectivity index (χ1) is 20.3. The highest BCUT2D eigenvalue weighted by atomic mass is 32.1. The molecule has 4 aliphatic carbocycles. The molecule has 7 unspecified atom stereocenters. The van der Waals surface area contributed by atoms with E-state index in [1.807, 2.05) is 6.08 Å². The SMILES string of the molecule is C=C/C(=C\C=C/C)CCCCC1CCC2(CC)C3C[C@H](CC)C4C[C@H](C=O)CCC4(C)C3CCC12C.CN.CO.NS. The number of carbonyl (C=O) groups excluding carboxylic acids is 1. The van der Waals surface area contributed by atoms with E-state index in [0.29, 0.717) is 22.2 Å². The number of rotatable bonds is 10. The molecule has 0 saturated heterocycles. The number of carbonyl (C=O) groups is 1. The van der Waals surface area contributed by atoms with Crippen molar-refractivity contribution in [1.82, 2.24) is 0 Å². The van der Waals surface area contributed by atoms with Crippen molar-refractivity contribution >= 4 is 19.1 Å². The highest BCUT2D eigenvalue weighted by Gasteiger charge is 2.67. The Hall–Kier alpha value is -0.880. The Kier molecular flexibility index (Phi) is 17.5. The summed E-state index contributed by atoms with van der Waals surface area (Å²) in [6.45, 7) is 16.5. The van der Waals surface area contributed by atoms with E-state index in [0.717, 1.165) is 43.1 Å². The van der Waals surface area contributed by atoms with Crippen molar-refractivity contribution in [2.45, 2.75) is 125 Å². The number of aliphatic hydroxyl groups is 1. The number of hydrogen-bond acceptors (Lipinski definition) is 5. The molecule has 0 bridgehead atoms. The standard InChI is InChI=1S/C35H56O.CH5N.CH4O.H3NS/c1-7-11-14-26(8-2)15-12-13-16-29-18-22-35(10-4)32-24-28(9-3)31-23-27(25-36)17-20-33(31,5)30(32)19-21-34(29,35)6;3*1-2/h7-8,11,14,25,27-32H,2,9-10,12-13,15-24H2,1,3-6H3;2H2,1H3;2H,1H3;2H,1H2/b11-7-,26-14+;;;/t27-,28+,29?,30?,31?,32?,33?,34?,35?;;;/m1.../s1. The first-order valence-electron chi connectivity index (χ1n) is 17.0. The van der Waals surface area contributed by atoms with Gasteiger partial charge in [-0.25, -0.2) is 0 Å². The Morgan fingerprint density at radius 2 is 1.67 bits per heavy atom. The summed E-state index contributed by atoms with van der Waals surface area (Å²) in [5.41, 5.74) is 7.41. The zero-order valence-electron chi connectivity index (χ0n) is 28.4. The average molecular weight is 605 g/mol. The second kappa shape index (κ2) is 18.8. The van der Waals surface area contributed by atoms with Gasteiger partial charge in [0.15, 0.2) is 0 Å². The summed E-state index contributed by atoms with van der Waals surface area (Å²) in [6, 6.07) is 0. The van der Waals surface area contributed by atoms with Crippen LogP contribution in [0.2, 0.25) is 0 Å². The van der Waals surface area contributed by atoms with Crippen molar-refractivity contribution in [2.24, 2.45) is 62.6 Å². The number of hydrogen-bond donors (Lipinski definition) is 4. The predicted molar refractivity (Wildman–Crippen MR) is 186 cm³/mol. The van der Waals surface area contributed by atoms with Gasteiger partial charge >= 0.3 is 0 Å². The normalized spacial score (nSPS) is 38.7. The van der Waals surface area contributed by atoms with E-state index >= 15 is 0 Å². The Morgan fingerprint density at radius 3 is 2.24 bits per heavy atom. The number of nitrogens with two attached hydrogens (primary N) is 2. The highest BCUT2D eigenvalue weighted by Crippen LogP contribution is 2.75. The third-order valence-electron chi connectivity index (χ3n) is 13.0. The molecule has 42 heavy (non-hydrogen) atoms. The van der Waals surface area contributed by atoms with Crippen molar-refractivity contribution < 1.29 is 9.90 Å². The lowest BCUT2D eigenvalue weighted by Gasteiger charge is -2.67. The van der Waals surface area contributed by atoms with Crippen molar-refractivity contribution in [3.8, 4) is 0 Å². The lowest BCUT2D eigenvalue weighted by Crippen LogP contribution is -2.60. The van der Waals surface area contributed by atoms with Crippen molar-refractivity contribution in [1.29, 1.82) is 0 Å². The molecule has 4 nitrogen and oxygen atoms in total. The van der Waals surface area contributed by atoms with Gasteiger partial charge in [0.05, 0.1) is 0 Å². The Balaban J connectivity index is 0.00000138. The van der Waals surface area contributed by atoms with Crippen molar-refractivity contribution in [3.63, 3.8) is 0 Å². The van der Waals surface area contributed by atoms with Gasteiger partial charge in [-0.2, -0.15) is 0 Å². The molecule has 5 N–H and O–H groups in total. The zero-order valence-corrected chi connectivity index (χ0v) is 29.3. The molecule has 0 aliphatic heterocycles. The van der Waals surface area contributed by atoms with Gasteiger partial charge in [-0.3, -0.25) is 5.14 Å². The van der Waals surface area contributed by atoms with Crippen LogP contribution in [0.3, 0.4) is 0 Å². The van der Waals surface area contributed by atoms with E-state index in [2.05, 4.69) is 83.1 Å². The van der Waals surface area contributed by atoms with Crippen LogP contribution in [0, 0.1) is 51.8 Å². The van der Waals surface area contributed by atoms with E-state index in [9.17, 15) is 4.79 Å². The average Bonchev–Trinajstić information content (AvgIpc) is 3.35. The van der Waals surface area contributed by atoms with Crippen molar-refractivity contribution in [2.75, 3.05) is 14.2 Å². The highest BCUT2D eigenvalue weighted by molar-refractivity contribution is 7.77. The Labute approximate surface area is 266 Å². The van der Waals surface area contributed by atoms with E-state index in [-0.39, 0.29) is 0 Å². The third kappa shape index (κ3) is 7.66. The lowest BCUT2D eigenvalue weighted by atomic mass is 9.38. The molecule has 0 spiro atoms. The summed E-state index contributed by atoms with van der Waals surface area (Å²) in [7, 11) is 2.50. The minimum absolute atomic E-state index is 0.327. The van der Waals surface area contributed by atoms with Gasteiger partial charge in [-0.1, -0.05) is 71.4 Å². The molecule has 0 aromatic rings. The second-order valence-corrected chi connectivity index (χ2v) is 13.8. The van der Waals surface area contributed by atoms with Gasteiger partial charge in [0.2, 0.25) is 0 Å².